The van der Waals surface area contributed by atoms with Gasteiger partial charge >= 0.3 is 6.09 Å². The van der Waals surface area contributed by atoms with Crippen LogP contribution in [0.5, 0.6) is 0 Å². The zero-order valence-corrected chi connectivity index (χ0v) is 11.5. The monoisotopic (exact) mass is 242 g/mol. The topological polar surface area (TPSA) is 41.6 Å². The van der Waals surface area contributed by atoms with E-state index in [0.29, 0.717) is 12.0 Å². The van der Waals surface area contributed by atoms with E-state index >= 15 is 0 Å². The second-order valence-electron chi connectivity index (χ2n) is 5.21. The number of amides is 1. The lowest BCUT2D eigenvalue weighted by Gasteiger charge is -2.37. The van der Waals surface area contributed by atoms with Crippen molar-refractivity contribution in [1.29, 1.82) is 0 Å². The summed E-state index contributed by atoms with van der Waals surface area (Å²) in [7, 11) is 0. The Morgan fingerprint density at radius 2 is 2.24 bits per heavy atom. The van der Waals surface area contributed by atoms with Gasteiger partial charge in [-0.3, -0.25) is 0 Å². The fraction of sp³-hybridized carbons (Fsp3) is 0.923. The van der Waals surface area contributed by atoms with E-state index in [9.17, 15) is 4.79 Å². The van der Waals surface area contributed by atoms with Crippen molar-refractivity contribution in [3.8, 4) is 0 Å². The van der Waals surface area contributed by atoms with Gasteiger partial charge in [-0.25, -0.2) is 4.79 Å². The third kappa shape index (κ3) is 4.54. The average Bonchev–Trinajstić information content (AvgIpc) is 2.26. The summed E-state index contributed by atoms with van der Waals surface area (Å²) in [6, 6.07) is 0.540. The van der Waals surface area contributed by atoms with Crippen LogP contribution in [0.3, 0.4) is 0 Å². The largest absolute Gasteiger partial charge is 0.447 e. The summed E-state index contributed by atoms with van der Waals surface area (Å²) in [5, 5.41) is 3.54. The summed E-state index contributed by atoms with van der Waals surface area (Å²) in [6.45, 7) is 10.8. The number of piperidine rings is 1. The molecule has 1 aliphatic heterocycles. The van der Waals surface area contributed by atoms with Gasteiger partial charge in [0.15, 0.2) is 0 Å². The number of carbonyl (C=O) groups is 1. The molecule has 1 saturated heterocycles. The molecule has 0 aromatic rings. The zero-order valence-electron chi connectivity index (χ0n) is 11.5. The van der Waals surface area contributed by atoms with E-state index in [1.54, 1.807) is 0 Å². The van der Waals surface area contributed by atoms with E-state index < -0.39 is 0 Å². The standard InChI is InChI=1S/C13H26N2O2/c1-5-7-14-12-6-8-15(9-11(12)4)13(16)17-10(2)3/h10-12,14H,5-9H2,1-4H3. The van der Waals surface area contributed by atoms with Crippen molar-refractivity contribution >= 4 is 6.09 Å². The molecule has 4 heteroatoms. The van der Waals surface area contributed by atoms with Crippen LogP contribution >= 0.6 is 0 Å². The first kappa shape index (κ1) is 14.3. The van der Waals surface area contributed by atoms with Crippen LogP contribution in [0.4, 0.5) is 4.79 Å². The molecule has 2 atom stereocenters. The quantitative estimate of drug-likeness (QED) is 0.822. The molecule has 4 nitrogen and oxygen atoms in total. The van der Waals surface area contributed by atoms with Crippen LogP contribution in [0.25, 0.3) is 0 Å². The molecule has 0 radical (unpaired) electrons. The highest BCUT2D eigenvalue weighted by Crippen LogP contribution is 2.17. The number of hydrogen-bond donors (Lipinski definition) is 1. The lowest BCUT2D eigenvalue weighted by molar-refractivity contribution is 0.0582. The number of nitrogens with one attached hydrogen (secondary N) is 1. The maximum Gasteiger partial charge on any atom is 0.410 e. The minimum Gasteiger partial charge on any atom is -0.447 e. The van der Waals surface area contributed by atoms with Gasteiger partial charge in [-0.15, -0.1) is 0 Å². The van der Waals surface area contributed by atoms with Crippen LogP contribution in [0.1, 0.15) is 40.5 Å². The van der Waals surface area contributed by atoms with Crippen LogP contribution in [0.2, 0.25) is 0 Å². The summed E-state index contributed by atoms with van der Waals surface area (Å²) < 4.78 is 5.22. The minimum absolute atomic E-state index is 0.0336. The lowest BCUT2D eigenvalue weighted by Crippen LogP contribution is -2.50. The Bertz CT molecular complexity index is 244. The first-order valence-electron chi connectivity index (χ1n) is 6.73. The third-order valence-corrected chi connectivity index (χ3v) is 3.16. The van der Waals surface area contributed by atoms with Gasteiger partial charge in [-0.05, 0) is 39.2 Å². The Labute approximate surface area is 105 Å². The maximum absolute atomic E-state index is 11.8. The summed E-state index contributed by atoms with van der Waals surface area (Å²) in [6.07, 6.45) is 1.98. The summed E-state index contributed by atoms with van der Waals surface area (Å²) in [5.74, 6) is 0.495. The molecule has 100 valence electrons. The second-order valence-corrected chi connectivity index (χ2v) is 5.21. The predicted octanol–water partition coefficient (Wildman–Crippen LogP) is 2.24. The van der Waals surface area contributed by atoms with E-state index in [1.807, 2.05) is 18.7 Å². The van der Waals surface area contributed by atoms with Crippen LogP contribution in [0, 0.1) is 5.92 Å². The molecule has 1 amide bonds. The number of carbonyl (C=O) groups excluding carboxylic acids is 1. The van der Waals surface area contributed by atoms with Crippen molar-refractivity contribution in [2.24, 2.45) is 5.92 Å². The SMILES string of the molecule is CCCNC1CCN(C(=O)OC(C)C)CC1C. The number of rotatable bonds is 4. The van der Waals surface area contributed by atoms with E-state index in [-0.39, 0.29) is 12.2 Å². The molecular weight excluding hydrogens is 216 g/mol. The van der Waals surface area contributed by atoms with Crippen molar-refractivity contribution in [2.45, 2.75) is 52.7 Å². The molecule has 1 heterocycles. The minimum atomic E-state index is -0.166. The third-order valence-electron chi connectivity index (χ3n) is 3.16. The van der Waals surface area contributed by atoms with Crippen LogP contribution in [0.15, 0.2) is 0 Å². The molecule has 0 spiro atoms. The van der Waals surface area contributed by atoms with Crippen molar-refractivity contribution in [3.63, 3.8) is 0 Å². The fourth-order valence-electron chi connectivity index (χ4n) is 2.22. The Morgan fingerprint density at radius 1 is 1.53 bits per heavy atom. The molecule has 17 heavy (non-hydrogen) atoms. The van der Waals surface area contributed by atoms with E-state index in [4.69, 9.17) is 4.74 Å². The molecule has 0 bridgehead atoms. The molecule has 2 unspecified atom stereocenters. The van der Waals surface area contributed by atoms with E-state index in [0.717, 1.165) is 32.5 Å². The van der Waals surface area contributed by atoms with Gasteiger partial charge in [0.2, 0.25) is 0 Å². The van der Waals surface area contributed by atoms with Crippen LogP contribution < -0.4 is 5.32 Å². The lowest BCUT2D eigenvalue weighted by atomic mass is 9.94. The highest BCUT2D eigenvalue weighted by Gasteiger charge is 2.29. The van der Waals surface area contributed by atoms with Crippen molar-refractivity contribution in [1.82, 2.24) is 10.2 Å². The van der Waals surface area contributed by atoms with Crippen molar-refractivity contribution in [2.75, 3.05) is 19.6 Å². The number of nitrogens with zero attached hydrogens (tertiary/aromatic N) is 1. The Hall–Kier alpha value is -0.770. The second kappa shape index (κ2) is 6.84. The molecule has 0 aliphatic carbocycles. The van der Waals surface area contributed by atoms with Gasteiger partial charge in [0.25, 0.3) is 0 Å². The van der Waals surface area contributed by atoms with Gasteiger partial charge in [0, 0.05) is 19.1 Å². The number of likely N-dealkylation sites (tertiary alicyclic amines) is 1. The van der Waals surface area contributed by atoms with E-state index in [1.165, 1.54) is 0 Å². The molecule has 1 rings (SSSR count). The highest BCUT2D eigenvalue weighted by molar-refractivity contribution is 5.67. The smallest absolute Gasteiger partial charge is 0.410 e. The Balaban J connectivity index is 2.38. The summed E-state index contributed by atoms with van der Waals surface area (Å²) >= 11 is 0. The fourth-order valence-corrected chi connectivity index (χ4v) is 2.22. The average molecular weight is 242 g/mol. The number of ether oxygens (including phenoxy) is 1. The van der Waals surface area contributed by atoms with Gasteiger partial charge in [-0.1, -0.05) is 13.8 Å². The van der Waals surface area contributed by atoms with Crippen molar-refractivity contribution < 1.29 is 9.53 Å². The van der Waals surface area contributed by atoms with Gasteiger partial charge in [0.1, 0.15) is 0 Å². The molecule has 0 saturated carbocycles. The highest BCUT2D eigenvalue weighted by atomic mass is 16.6. The molecule has 1 aliphatic rings. The summed E-state index contributed by atoms with van der Waals surface area (Å²) in [5.41, 5.74) is 0. The normalized spacial score (nSPS) is 25.1. The van der Waals surface area contributed by atoms with Gasteiger partial charge < -0.3 is 15.0 Å². The maximum atomic E-state index is 11.8. The van der Waals surface area contributed by atoms with Crippen LogP contribution in [-0.4, -0.2) is 42.8 Å². The predicted molar refractivity (Wildman–Crippen MR) is 69.1 cm³/mol. The van der Waals surface area contributed by atoms with Gasteiger partial charge in [-0.2, -0.15) is 0 Å². The van der Waals surface area contributed by atoms with Crippen molar-refractivity contribution in [3.05, 3.63) is 0 Å². The molecule has 1 fully saturated rings. The Morgan fingerprint density at radius 3 is 2.76 bits per heavy atom. The zero-order chi connectivity index (χ0) is 12.8. The first-order chi connectivity index (χ1) is 8.04. The first-order valence-corrected chi connectivity index (χ1v) is 6.73. The molecule has 0 aromatic heterocycles. The number of hydrogen-bond acceptors (Lipinski definition) is 3. The van der Waals surface area contributed by atoms with E-state index in [2.05, 4.69) is 19.2 Å². The molecule has 0 aromatic carbocycles. The molecular formula is C13H26N2O2. The Kier molecular flexibility index (Phi) is 5.75. The molecule has 1 N–H and O–H groups in total. The van der Waals surface area contributed by atoms with Crippen LogP contribution in [-0.2, 0) is 4.74 Å². The van der Waals surface area contributed by atoms with Gasteiger partial charge in [0.05, 0.1) is 6.10 Å². The summed E-state index contributed by atoms with van der Waals surface area (Å²) in [4.78, 5) is 13.6.